The number of fused-ring (bicyclic) bond motifs is 2. The van der Waals surface area contributed by atoms with Crippen molar-refractivity contribution in [1.29, 1.82) is 0 Å². The van der Waals surface area contributed by atoms with E-state index in [1.165, 1.54) is 0 Å². The van der Waals surface area contributed by atoms with Crippen LogP contribution in [0.5, 0.6) is 5.75 Å². The molecule has 5 heterocycles. The summed E-state index contributed by atoms with van der Waals surface area (Å²) in [5, 5.41) is 0. The van der Waals surface area contributed by atoms with E-state index in [1.54, 1.807) is 35.9 Å². The number of imidazole rings is 1. The molecule has 9 nitrogen and oxygen atoms in total. The maximum atomic E-state index is 15.7. The van der Waals surface area contributed by atoms with E-state index in [1.807, 2.05) is 16.5 Å². The highest BCUT2D eigenvalue weighted by Crippen LogP contribution is 2.32. The highest BCUT2D eigenvalue weighted by atomic mass is 19.1. The van der Waals surface area contributed by atoms with E-state index in [0.717, 1.165) is 11.2 Å². The molecule has 0 aromatic carbocycles. The summed E-state index contributed by atoms with van der Waals surface area (Å²) in [6, 6.07) is 1.77. The Hall–Kier alpha value is -3.30. The van der Waals surface area contributed by atoms with E-state index in [9.17, 15) is 4.79 Å². The topological polar surface area (TPSA) is 89.3 Å². The molecule has 5 rings (SSSR count). The van der Waals surface area contributed by atoms with E-state index in [4.69, 9.17) is 4.74 Å². The van der Waals surface area contributed by atoms with Gasteiger partial charge in [-0.15, -0.1) is 0 Å². The van der Waals surface area contributed by atoms with Crippen molar-refractivity contribution in [1.82, 2.24) is 29.4 Å². The van der Waals surface area contributed by atoms with Crippen LogP contribution in [0.4, 0.5) is 10.3 Å². The minimum Gasteiger partial charge on any atom is -0.491 e. The monoisotopic (exact) mass is 411 g/mol. The quantitative estimate of drug-likeness (QED) is 0.631. The molecule has 10 heteroatoms. The first-order valence-corrected chi connectivity index (χ1v) is 9.96. The molecule has 0 atom stereocenters. The van der Waals surface area contributed by atoms with Crippen LogP contribution in [0.25, 0.3) is 11.2 Å². The second kappa shape index (κ2) is 7.19. The maximum absolute atomic E-state index is 15.7. The van der Waals surface area contributed by atoms with Gasteiger partial charge in [0.2, 0.25) is 5.95 Å². The smallest absolute Gasteiger partial charge is 0.260 e. The lowest BCUT2D eigenvalue weighted by atomic mass is 9.91. The van der Waals surface area contributed by atoms with Crippen LogP contribution in [-0.4, -0.2) is 67.2 Å². The Bertz CT molecular complexity index is 1090. The number of piperidine rings is 1. The first-order chi connectivity index (χ1) is 14.5. The van der Waals surface area contributed by atoms with Crippen LogP contribution in [0.1, 0.15) is 18.4 Å². The lowest BCUT2D eigenvalue weighted by Gasteiger charge is -2.37. The zero-order valence-electron chi connectivity index (χ0n) is 16.7. The first kappa shape index (κ1) is 18.7. The fourth-order valence-electron chi connectivity index (χ4n) is 4.02. The molecule has 0 saturated carbocycles. The van der Waals surface area contributed by atoms with Gasteiger partial charge in [0.25, 0.3) is 5.91 Å². The number of carbonyl (C=O) groups excluding carboxylic acids is 1. The minimum atomic E-state index is -1.90. The van der Waals surface area contributed by atoms with Gasteiger partial charge in [-0.2, -0.15) is 4.98 Å². The van der Waals surface area contributed by atoms with Crippen LogP contribution in [0, 0.1) is 0 Å². The number of amides is 1. The van der Waals surface area contributed by atoms with E-state index < -0.39 is 11.6 Å². The molecule has 156 valence electrons. The molecular weight excluding hydrogens is 389 g/mol. The molecule has 3 aromatic rings. The Labute approximate surface area is 172 Å². The van der Waals surface area contributed by atoms with E-state index in [-0.39, 0.29) is 12.8 Å². The molecule has 2 aliphatic rings. The Morgan fingerprint density at radius 2 is 2.03 bits per heavy atom. The molecule has 0 unspecified atom stereocenters. The molecule has 1 saturated heterocycles. The van der Waals surface area contributed by atoms with Crippen molar-refractivity contribution in [2.45, 2.75) is 25.1 Å². The summed E-state index contributed by atoms with van der Waals surface area (Å²) in [5.74, 6) is 0.750. The number of carbonyl (C=O) groups is 1. The average molecular weight is 411 g/mol. The lowest BCUT2D eigenvalue weighted by Crippen LogP contribution is -2.53. The van der Waals surface area contributed by atoms with Gasteiger partial charge < -0.3 is 19.1 Å². The zero-order valence-corrected chi connectivity index (χ0v) is 16.7. The zero-order chi connectivity index (χ0) is 20.7. The number of pyridine rings is 1. The van der Waals surface area contributed by atoms with Gasteiger partial charge in [-0.3, -0.25) is 9.78 Å². The number of nitrogens with zero attached hydrogens (tertiary/aromatic N) is 7. The summed E-state index contributed by atoms with van der Waals surface area (Å²) in [7, 11) is 1.87. The summed E-state index contributed by atoms with van der Waals surface area (Å²) >= 11 is 0. The van der Waals surface area contributed by atoms with Crippen molar-refractivity contribution in [3.63, 3.8) is 0 Å². The number of aryl methyl sites for hydroxylation is 1. The predicted octanol–water partition coefficient (Wildman–Crippen LogP) is 1.49. The highest BCUT2D eigenvalue weighted by molar-refractivity contribution is 5.85. The van der Waals surface area contributed by atoms with Gasteiger partial charge >= 0.3 is 0 Å². The normalized spacial score (nSPS) is 18.6. The fourth-order valence-corrected chi connectivity index (χ4v) is 4.02. The van der Waals surface area contributed by atoms with Crippen molar-refractivity contribution in [2.75, 3.05) is 31.1 Å². The first-order valence-electron chi connectivity index (χ1n) is 9.96. The van der Waals surface area contributed by atoms with Crippen molar-refractivity contribution < 1.29 is 13.9 Å². The largest absolute Gasteiger partial charge is 0.491 e. The number of rotatable bonds is 2. The summed E-state index contributed by atoms with van der Waals surface area (Å²) < 4.78 is 23.2. The minimum absolute atomic E-state index is 0.0931. The number of aromatic nitrogens is 5. The number of hydrogen-bond donors (Lipinski definition) is 0. The lowest BCUT2D eigenvalue weighted by molar-refractivity contribution is -0.146. The number of alkyl halides is 1. The molecule has 1 amide bonds. The molecule has 0 radical (unpaired) electrons. The fraction of sp³-hybridized carbons (Fsp3) is 0.450. The summed E-state index contributed by atoms with van der Waals surface area (Å²) in [5.41, 5.74) is 0.332. The van der Waals surface area contributed by atoms with Gasteiger partial charge in [-0.1, -0.05) is 0 Å². The van der Waals surface area contributed by atoms with Crippen LogP contribution < -0.4 is 9.64 Å². The van der Waals surface area contributed by atoms with Crippen LogP contribution >= 0.6 is 0 Å². The van der Waals surface area contributed by atoms with E-state index in [0.29, 0.717) is 50.0 Å². The number of halogens is 1. The van der Waals surface area contributed by atoms with Crippen LogP contribution in [0.2, 0.25) is 0 Å². The average Bonchev–Trinajstić information content (AvgIpc) is 3.00. The van der Waals surface area contributed by atoms with Crippen molar-refractivity contribution in [3.05, 3.63) is 36.5 Å². The van der Waals surface area contributed by atoms with Gasteiger partial charge in [0.05, 0.1) is 25.6 Å². The van der Waals surface area contributed by atoms with Crippen molar-refractivity contribution >= 4 is 23.0 Å². The summed E-state index contributed by atoms with van der Waals surface area (Å²) in [6.07, 6.45) is 6.85. The standard InChI is InChI=1S/C20H22FN7O2/c1-26-13-24-15-11-23-19(25-17(15)26)27-6-3-20(21,4-7-27)18(29)28-8-9-30-16-2-5-22-10-14(16)12-28/h2,5,10-11,13H,3-4,6-9,12H2,1H3. The number of ether oxygens (including phenoxy) is 1. The van der Waals surface area contributed by atoms with E-state index in [2.05, 4.69) is 19.9 Å². The Morgan fingerprint density at radius 3 is 2.87 bits per heavy atom. The van der Waals surface area contributed by atoms with Crippen molar-refractivity contribution in [3.8, 4) is 5.75 Å². The molecular formula is C20H22FN7O2. The van der Waals surface area contributed by atoms with Crippen LogP contribution in [-0.2, 0) is 18.4 Å². The molecule has 0 aliphatic carbocycles. The Kier molecular flexibility index (Phi) is 4.48. The van der Waals surface area contributed by atoms with Crippen LogP contribution in [0.15, 0.2) is 31.0 Å². The molecule has 2 aliphatic heterocycles. The van der Waals surface area contributed by atoms with Gasteiger partial charge in [0.1, 0.15) is 17.9 Å². The third kappa shape index (κ3) is 3.21. The SMILES string of the molecule is Cn1cnc2cnc(N3CCC(F)(C(=O)N4CCOc5ccncc5C4)CC3)nc21. The molecule has 0 N–H and O–H groups in total. The molecule has 0 spiro atoms. The summed E-state index contributed by atoms with van der Waals surface area (Å²) in [4.78, 5) is 33.8. The van der Waals surface area contributed by atoms with E-state index >= 15 is 4.39 Å². The van der Waals surface area contributed by atoms with Gasteiger partial charge in [0, 0.05) is 50.9 Å². The summed E-state index contributed by atoms with van der Waals surface area (Å²) in [6.45, 7) is 1.73. The van der Waals surface area contributed by atoms with Crippen LogP contribution in [0.3, 0.4) is 0 Å². The third-order valence-electron chi connectivity index (χ3n) is 5.79. The maximum Gasteiger partial charge on any atom is 0.260 e. The second-order valence-corrected chi connectivity index (χ2v) is 7.75. The van der Waals surface area contributed by atoms with Gasteiger partial charge in [0.15, 0.2) is 11.3 Å². The Balaban J connectivity index is 1.29. The molecule has 1 fully saturated rings. The highest BCUT2D eigenvalue weighted by Gasteiger charge is 2.45. The molecule has 3 aromatic heterocycles. The molecule has 30 heavy (non-hydrogen) atoms. The number of anilines is 1. The third-order valence-corrected chi connectivity index (χ3v) is 5.79. The molecule has 0 bridgehead atoms. The van der Waals surface area contributed by atoms with Gasteiger partial charge in [-0.25, -0.2) is 14.4 Å². The van der Waals surface area contributed by atoms with Gasteiger partial charge in [-0.05, 0) is 6.07 Å². The second-order valence-electron chi connectivity index (χ2n) is 7.75. The Morgan fingerprint density at radius 1 is 1.20 bits per heavy atom. The predicted molar refractivity (Wildman–Crippen MR) is 107 cm³/mol. The van der Waals surface area contributed by atoms with Crippen molar-refractivity contribution in [2.24, 2.45) is 7.05 Å². The number of hydrogen-bond acceptors (Lipinski definition) is 7.